The Hall–Kier alpha value is -4.99. The second-order valence-corrected chi connectivity index (χ2v) is 35.3. The van der Waals surface area contributed by atoms with Crippen molar-refractivity contribution >= 4 is 41.5 Å². The number of aliphatic hydroxyl groups is 21. The lowest BCUT2D eigenvalue weighted by molar-refractivity contribution is -0.386. The molecule has 0 spiro atoms. The van der Waals surface area contributed by atoms with E-state index in [1.165, 1.54) is 109 Å². The second-order valence-electron chi connectivity index (χ2n) is 35.3. The maximum absolute atomic E-state index is 14.1. The average Bonchev–Trinajstić information content (AvgIpc) is 0.755. The maximum Gasteiger partial charge on any atom is 0.364 e. The van der Waals surface area contributed by atoms with Gasteiger partial charge >= 0.3 is 17.9 Å². The molecule has 0 saturated carbocycles. The van der Waals surface area contributed by atoms with Gasteiger partial charge in [-0.1, -0.05) is 206 Å². The van der Waals surface area contributed by atoms with Crippen LogP contribution >= 0.6 is 0 Å². The van der Waals surface area contributed by atoms with Crippen molar-refractivity contribution in [3.63, 3.8) is 0 Å². The molecule has 0 aromatic rings. The van der Waals surface area contributed by atoms with Gasteiger partial charge in [0.1, 0.15) is 136 Å². The Labute approximate surface area is 767 Å². The van der Waals surface area contributed by atoms with E-state index in [4.69, 9.17) is 52.1 Å². The summed E-state index contributed by atoms with van der Waals surface area (Å²) < 4.78 is 61.8. The van der Waals surface area contributed by atoms with Gasteiger partial charge in [0.15, 0.2) is 12.6 Å². The second kappa shape index (κ2) is 60.8. The summed E-state index contributed by atoms with van der Waals surface area (Å²) in [6, 6.07) is -7.65. The molecule has 4 amide bonds. The number of methoxy groups -OCH3 is 1. The van der Waals surface area contributed by atoms with Crippen molar-refractivity contribution < 1.29 is 208 Å². The van der Waals surface area contributed by atoms with Gasteiger partial charge in [0.05, 0.1) is 88.2 Å². The normalized spacial score (nSPS) is 31.6. The predicted octanol–water partition coefficient (Wildman–Crippen LogP) is -5.19. The van der Waals surface area contributed by atoms with Gasteiger partial charge < -0.3 is 196 Å². The molecule has 5 rings (SSSR count). The van der Waals surface area contributed by atoms with Crippen LogP contribution in [0.15, 0.2) is 0 Å². The Morgan fingerprint density at radius 1 is 0.409 bits per heavy atom. The largest absolute Gasteiger partial charge is 0.477 e. The molecule has 5 saturated heterocycles. The van der Waals surface area contributed by atoms with E-state index in [0.717, 1.165) is 77.7 Å². The van der Waals surface area contributed by atoms with Crippen LogP contribution < -0.4 is 21.3 Å². The molecule has 0 bridgehead atoms. The number of aliphatic hydroxyl groups excluding tert-OH is 21. The quantitative estimate of drug-likeness (QED) is 0.0253. The minimum absolute atomic E-state index is 0.0582. The molecule has 770 valence electrons. The number of carbonyl (C=O) groups is 7. The van der Waals surface area contributed by atoms with Crippen molar-refractivity contribution in [3.8, 4) is 0 Å². The number of carboxylic acid groups (broad SMARTS) is 3. The van der Waals surface area contributed by atoms with Crippen molar-refractivity contribution in [3.05, 3.63) is 0 Å². The molecule has 46 heteroatoms. The fraction of sp³-hybridized carbons (Fsp3) is 0.919. The lowest BCUT2D eigenvalue weighted by Crippen LogP contribution is -2.71. The minimum Gasteiger partial charge on any atom is -0.477 e. The number of ether oxygens (including phenoxy) is 11. The van der Waals surface area contributed by atoms with E-state index in [1.807, 2.05) is 0 Å². The van der Waals surface area contributed by atoms with Gasteiger partial charge in [0.2, 0.25) is 23.6 Å². The van der Waals surface area contributed by atoms with Gasteiger partial charge in [-0.25, -0.2) is 14.4 Å². The standard InChI is InChI=1S/C86H154N4O42/c1-4-6-8-10-12-14-16-18-19-20-21-22-23-25-27-29-31-33-35-50(98)78(115)87-48(65(107)49(97)34-32-30-28-26-24-17-15-13-11-9-7-5-2)45-123-79-71(113)70(112)73(58(43-95)127-79)128-80-72(114)77(69(111)57(42-94)126-80)132-86(83(120)121)38-53(101)63(75(131-86)67(109)55(103)40-92)90-61(106)46-124-84(81(116)117)36-51(99)62(74(129-84)66(108)54(102)39-91)89-60(105)47-125-85(82(118)119)37-52(100)64(88-59(104)44-96)76(130-85)68(110)56(41-93)122-3/h48-58,62-77,79-80,91-103,107-114H,4-47H2,1-3H3,(H,87,115)(H,88,104)(H,89,105)(H,90,106)(H,116,117)(H,118,119)(H,120,121)/t48-,49+,50+,51-,52-,53-,54+,55+,56+,57+,58+,62+,63+,64+,65-,66-,67-,68-,69-,70+,71+,72+,73+,74+,75+,76+,77-,79+,80-,84+,85+,86-/m0/s1. The summed E-state index contributed by atoms with van der Waals surface area (Å²) in [6.07, 6.45) is -25.2. The highest BCUT2D eigenvalue weighted by atomic mass is 16.8. The highest BCUT2D eigenvalue weighted by molar-refractivity contribution is 5.82. The van der Waals surface area contributed by atoms with Crippen molar-refractivity contribution in [2.75, 3.05) is 66.6 Å². The highest BCUT2D eigenvalue weighted by Crippen LogP contribution is 2.41. The van der Waals surface area contributed by atoms with Crippen LogP contribution in [0.5, 0.6) is 0 Å². The summed E-state index contributed by atoms with van der Waals surface area (Å²) in [7, 11) is 1.00. The van der Waals surface area contributed by atoms with Crippen LogP contribution in [-0.2, 0) is 85.7 Å². The summed E-state index contributed by atoms with van der Waals surface area (Å²) in [4.78, 5) is 93.5. The van der Waals surface area contributed by atoms with E-state index in [2.05, 4.69) is 35.1 Å². The first kappa shape index (κ1) is 118. The molecule has 5 fully saturated rings. The molecular formula is C86H154N4O42. The summed E-state index contributed by atoms with van der Waals surface area (Å²) in [6.45, 7) is -6.67. The van der Waals surface area contributed by atoms with Crippen molar-refractivity contribution in [2.24, 2.45) is 0 Å². The molecule has 0 radical (unpaired) electrons. The molecule has 32 atom stereocenters. The zero-order valence-electron chi connectivity index (χ0n) is 75.9. The number of hydrogen-bond acceptors (Lipinski definition) is 39. The van der Waals surface area contributed by atoms with E-state index in [0.29, 0.717) is 12.8 Å². The molecule has 0 unspecified atom stereocenters. The molecule has 5 heterocycles. The molecule has 28 N–H and O–H groups in total. The average molecular weight is 1920 g/mol. The van der Waals surface area contributed by atoms with Crippen molar-refractivity contribution in [1.29, 1.82) is 0 Å². The highest BCUT2D eigenvalue weighted by Gasteiger charge is 2.63. The number of aliphatic carboxylic acids is 3. The molecule has 5 aliphatic heterocycles. The molecule has 0 aromatic heterocycles. The number of hydrogen-bond donors (Lipinski definition) is 28. The first-order valence-corrected chi connectivity index (χ1v) is 46.8. The lowest BCUT2D eigenvalue weighted by atomic mass is 9.88. The summed E-state index contributed by atoms with van der Waals surface area (Å²) in [5.74, 6) is -21.8. The number of nitrogens with one attached hydrogen (secondary N) is 4. The van der Waals surface area contributed by atoms with E-state index < -0.39 is 315 Å². The van der Waals surface area contributed by atoms with E-state index >= 15 is 0 Å². The number of amides is 4. The monoisotopic (exact) mass is 1920 g/mol. The maximum atomic E-state index is 14.1. The fourth-order valence-corrected chi connectivity index (χ4v) is 17.1. The number of unbranched alkanes of at least 4 members (excludes halogenated alkanes) is 28. The summed E-state index contributed by atoms with van der Waals surface area (Å²) in [5, 5.41) is 273. The van der Waals surface area contributed by atoms with Crippen molar-refractivity contribution in [2.45, 2.75) is 433 Å². The molecule has 132 heavy (non-hydrogen) atoms. The third-order valence-electron chi connectivity index (χ3n) is 25.1. The third-order valence-corrected chi connectivity index (χ3v) is 25.1. The fourth-order valence-electron chi connectivity index (χ4n) is 17.1. The third kappa shape index (κ3) is 35.4. The molecule has 5 aliphatic rings. The van der Waals surface area contributed by atoms with Gasteiger partial charge in [0, 0.05) is 26.4 Å². The first-order chi connectivity index (χ1) is 62.9. The smallest absolute Gasteiger partial charge is 0.364 e. The van der Waals surface area contributed by atoms with Crippen LogP contribution in [0.25, 0.3) is 0 Å². The summed E-state index contributed by atoms with van der Waals surface area (Å²) in [5.41, 5.74) is 0. The molecule has 0 aliphatic carbocycles. The zero-order valence-corrected chi connectivity index (χ0v) is 75.9. The van der Waals surface area contributed by atoms with E-state index in [9.17, 15) is 156 Å². The Kier molecular flexibility index (Phi) is 54.1. The first-order valence-electron chi connectivity index (χ1n) is 46.8. The minimum atomic E-state index is -3.51. The molecule has 0 aromatic carbocycles. The molecular weight excluding hydrogens is 1760 g/mol. The SMILES string of the molecule is CCCCCCCCCCCCCCCCCCCC[C@@H](O)C(=O)N[C@@H](CO[C@@H]1O[C@H](CO)[C@@H](O[C@@H]2O[C@H](CO)[C@H](O)[C@H](O[C@]3(C(=O)O)C[C@H](O)[C@@H](NC(=O)CO[C@]4(C(=O)O)C[C@H](O)[C@@H](NC(=O)CO[C@]5(C(=O)O)C[C@H](O)[C@@H](NC(=O)CO)[C@H]([C@@H](O)[C@@H](CO)OC)O5)[C@H]([C@@H](O)[C@H](O)CO)O4)[C@H]([C@@H](O)[C@H](O)CO)O3)[C@H]2O)[C@H](O)[C@H]1O)[C@H](O)[C@H](O)CCCCCCCCCCCCCC. The van der Waals surface area contributed by atoms with Gasteiger partial charge in [-0.2, -0.15) is 0 Å². The predicted molar refractivity (Wildman–Crippen MR) is 455 cm³/mol. The Morgan fingerprint density at radius 3 is 1.16 bits per heavy atom. The van der Waals surface area contributed by atoms with Gasteiger partial charge in [-0.3, -0.25) is 19.2 Å². The Morgan fingerprint density at radius 2 is 0.780 bits per heavy atom. The van der Waals surface area contributed by atoms with Crippen LogP contribution in [0.1, 0.15) is 239 Å². The molecule has 46 nitrogen and oxygen atoms in total. The van der Waals surface area contributed by atoms with Crippen LogP contribution in [0.4, 0.5) is 0 Å². The summed E-state index contributed by atoms with van der Waals surface area (Å²) >= 11 is 0. The van der Waals surface area contributed by atoms with Gasteiger partial charge in [-0.15, -0.1) is 0 Å². The zero-order chi connectivity index (χ0) is 98.0. The van der Waals surface area contributed by atoms with Crippen molar-refractivity contribution in [1.82, 2.24) is 21.3 Å². The Bertz CT molecular complexity index is 3280. The van der Waals surface area contributed by atoms with Crippen LogP contribution in [0.2, 0.25) is 0 Å². The number of carboxylic acids is 3. The van der Waals surface area contributed by atoms with E-state index in [-0.39, 0.29) is 12.8 Å². The van der Waals surface area contributed by atoms with Crippen LogP contribution in [0, 0.1) is 0 Å². The number of rotatable bonds is 68. The van der Waals surface area contributed by atoms with E-state index in [1.54, 1.807) is 0 Å². The number of carbonyl (C=O) groups excluding carboxylic acids is 4. The van der Waals surface area contributed by atoms with Gasteiger partial charge in [0.25, 0.3) is 17.4 Å². The van der Waals surface area contributed by atoms with Crippen LogP contribution in [0.3, 0.4) is 0 Å². The van der Waals surface area contributed by atoms with Crippen LogP contribution in [-0.4, -0.2) is 425 Å². The Balaban J connectivity index is 1.27. The topological polar surface area (TPSA) is 755 Å². The van der Waals surface area contributed by atoms with Gasteiger partial charge in [-0.05, 0) is 12.8 Å². The lowest BCUT2D eigenvalue weighted by Gasteiger charge is -2.50.